The maximum absolute atomic E-state index is 10.6. The molecule has 0 atom stereocenters. The maximum Gasteiger partial charge on any atom is 0.355 e. The summed E-state index contributed by atoms with van der Waals surface area (Å²) in [6.45, 7) is 7.88. The van der Waals surface area contributed by atoms with Crippen LogP contribution in [0.3, 0.4) is 0 Å². The van der Waals surface area contributed by atoms with E-state index in [0.29, 0.717) is 0 Å². The Bertz CT molecular complexity index is 221. The number of rotatable bonds is 4. The summed E-state index contributed by atoms with van der Waals surface area (Å²) >= 11 is 0. The molecule has 5 nitrogen and oxygen atoms in total. The van der Waals surface area contributed by atoms with Crippen molar-refractivity contribution >= 4 is 11.9 Å². The molecule has 0 heterocycles. The van der Waals surface area contributed by atoms with E-state index in [4.69, 9.17) is 0 Å². The summed E-state index contributed by atoms with van der Waals surface area (Å²) in [7, 11) is 0. The molecule has 66 valence electrons. The summed E-state index contributed by atoms with van der Waals surface area (Å²) in [5.74, 6) is -1.45. The Labute approximate surface area is 69.6 Å². The van der Waals surface area contributed by atoms with Crippen LogP contribution in [-0.4, -0.2) is 11.9 Å². The van der Waals surface area contributed by atoms with Crippen molar-refractivity contribution in [1.29, 1.82) is 0 Å². The Hall–Kier alpha value is -1.62. The van der Waals surface area contributed by atoms with Crippen LogP contribution in [0.2, 0.25) is 0 Å². The Morgan fingerprint density at radius 3 is 2.42 bits per heavy atom. The Kier molecular flexibility index (Phi) is 4.40. The topological polar surface area (TPSA) is 64.6 Å². The molecule has 0 bridgehead atoms. The molecule has 0 aromatic carbocycles. The van der Waals surface area contributed by atoms with E-state index < -0.39 is 11.9 Å². The van der Waals surface area contributed by atoms with Gasteiger partial charge in [-0.3, -0.25) is 0 Å². The van der Waals surface area contributed by atoms with Crippen molar-refractivity contribution in [2.45, 2.75) is 6.92 Å². The van der Waals surface area contributed by atoms with Gasteiger partial charge in [0.2, 0.25) is 0 Å². The van der Waals surface area contributed by atoms with Crippen LogP contribution < -0.4 is 5.64 Å². The van der Waals surface area contributed by atoms with Gasteiger partial charge in [-0.25, -0.2) is 9.59 Å². The monoisotopic (exact) mass is 171 g/mol. The van der Waals surface area contributed by atoms with Crippen LogP contribution in [0.5, 0.6) is 0 Å². The number of carbonyl (C=O) groups is 2. The summed E-state index contributed by atoms with van der Waals surface area (Å²) in [6, 6.07) is 0. The van der Waals surface area contributed by atoms with Crippen LogP contribution >= 0.6 is 0 Å². The molecule has 0 aliphatic rings. The molecule has 12 heavy (non-hydrogen) atoms. The summed E-state index contributed by atoms with van der Waals surface area (Å²) in [6.07, 6.45) is 0.918. The lowest BCUT2D eigenvalue weighted by molar-refractivity contribution is -0.191. The van der Waals surface area contributed by atoms with Gasteiger partial charge in [-0.15, -0.1) is 0 Å². The fraction of sp³-hybridized carbons (Fsp3) is 0.143. The van der Waals surface area contributed by atoms with Crippen LogP contribution in [0.15, 0.2) is 24.8 Å². The van der Waals surface area contributed by atoms with E-state index in [1.54, 1.807) is 5.64 Å². The van der Waals surface area contributed by atoms with Crippen LogP contribution in [0.25, 0.3) is 0 Å². The van der Waals surface area contributed by atoms with Crippen molar-refractivity contribution in [3.63, 3.8) is 0 Å². The molecular formula is C7H9NO4. The minimum absolute atomic E-state index is 0.192. The zero-order valence-electron chi connectivity index (χ0n) is 6.62. The fourth-order valence-corrected chi connectivity index (χ4v) is 0.229. The van der Waals surface area contributed by atoms with Crippen molar-refractivity contribution < 1.29 is 19.3 Å². The third kappa shape index (κ3) is 4.24. The van der Waals surface area contributed by atoms with Crippen molar-refractivity contribution in [3.8, 4) is 0 Å². The van der Waals surface area contributed by atoms with E-state index in [2.05, 4.69) is 22.8 Å². The van der Waals surface area contributed by atoms with Gasteiger partial charge in [0.1, 0.15) is 0 Å². The molecule has 0 amide bonds. The van der Waals surface area contributed by atoms with Crippen LogP contribution in [-0.2, 0) is 19.3 Å². The first kappa shape index (κ1) is 10.4. The normalized spacial score (nSPS) is 8.42. The predicted molar refractivity (Wildman–Crippen MR) is 40.3 cm³/mol. The van der Waals surface area contributed by atoms with Crippen LogP contribution in [0.4, 0.5) is 0 Å². The van der Waals surface area contributed by atoms with Gasteiger partial charge in [0.05, 0.1) is 0 Å². The first-order valence-electron chi connectivity index (χ1n) is 3.03. The van der Waals surface area contributed by atoms with E-state index in [1.165, 1.54) is 6.92 Å². The lowest BCUT2D eigenvalue weighted by Gasteiger charge is -2.02. The average Bonchev–Trinajstić information content (AvgIpc) is 2.03. The van der Waals surface area contributed by atoms with Gasteiger partial charge in [0.15, 0.2) is 0 Å². The second kappa shape index (κ2) is 5.09. The molecule has 0 aromatic rings. The molecule has 0 aliphatic carbocycles. The van der Waals surface area contributed by atoms with Crippen molar-refractivity contribution in [2.75, 3.05) is 0 Å². The Morgan fingerprint density at radius 1 is 1.42 bits per heavy atom. The third-order valence-corrected chi connectivity index (χ3v) is 0.792. The van der Waals surface area contributed by atoms with Crippen LogP contribution in [0, 0.1) is 0 Å². The average molecular weight is 171 g/mol. The minimum atomic E-state index is -0.746. The smallest absolute Gasteiger partial charge is 0.331 e. The highest BCUT2D eigenvalue weighted by Gasteiger charge is 2.03. The van der Waals surface area contributed by atoms with Crippen molar-refractivity contribution in [3.05, 3.63) is 24.8 Å². The third-order valence-electron chi connectivity index (χ3n) is 0.792. The highest BCUT2D eigenvalue weighted by atomic mass is 16.9. The quantitative estimate of drug-likeness (QED) is 0.485. The predicted octanol–water partition coefficient (Wildman–Crippen LogP) is 0.254. The maximum atomic E-state index is 10.6. The zero-order chi connectivity index (χ0) is 9.56. The van der Waals surface area contributed by atoms with E-state index in [9.17, 15) is 9.59 Å². The zero-order valence-corrected chi connectivity index (χ0v) is 6.62. The standard InChI is InChI=1S/C7H9NO4/c1-4-6(9)11-8-12-7(10)5(2)3/h4,8H,1-2H2,3H3. The first-order valence-corrected chi connectivity index (χ1v) is 3.03. The van der Waals surface area contributed by atoms with Gasteiger partial charge in [-0.1, -0.05) is 13.2 Å². The fourth-order valence-electron chi connectivity index (χ4n) is 0.229. The van der Waals surface area contributed by atoms with E-state index >= 15 is 0 Å². The van der Waals surface area contributed by atoms with Gasteiger partial charge < -0.3 is 9.68 Å². The highest BCUT2D eigenvalue weighted by Crippen LogP contribution is 1.88. The van der Waals surface area contributed by atoms with E-state index in [1.807, 2.05) is 0 Å². The van der Waals surface area contributed by atoms with Gasteiger partial charge in [0.25, 0.3) is 0 Å². The molecule has 0 saturated carbocycles. The Balaban J connectivity index is 3.57. The molecule has 0 radical (unpaired) electrons. The second-order valence-electron chi connectivity index (χ2n) is 1.88. The molecule has 5 heteroatoms. The van der Waals surface area contributed by atoms with E-state index in [0.717, 1.165) is 6.08 Å². The Morgan fingerprint density at radius 2 is 2.00 bits per heavy atom. The lowest BCUT2D eigenvalue weighted by atomic mass is 10.4. The number of hydrogen-bond acceptors (Lipinski definition) is 5. The van der Waals surface area contributed by atoms with Crippen molar-refractivity contribution in [2.24, 2.45) is 0 Å². The summed E-state index contributed by atoms with van der Waals surface area (Å²) in [4.78, 5) is 29.3. The van der Waals surface area contributed by atoms with Crippen LogP contribution in [0.1, 0.15) is 6.92 Å². The molecule has 1 N–H and O–H groups in total. The molecule has 0 fully saturated rings. The highest BCUT2D eigenvalue weighted by molar-refractivity contribution is 5.86. The van der Waals surface area contributed by atoms with Gasteiger partial charge in [-0.05, 0) is 6.92 Å². The summed E-state index contributed by atoms with van der Waals surface area (Å²) in [5.41, 5.74) is 1.88. The van der Waals surface area contributed by atoms with Gasteiger partial charge in [0, 0.05) is 17.3 Å². The second-order valence-corrected chi connectivity index (χ2v) is 1.88. The molecule has 0 spiro atoms. The molecule has 0 rings (SSSR count). The summed E-state index contributed by atoms with van der Waals surface area (Å²) < 4.78 is 0. The summed E-state index contributed by atoms with van der Waals surface area (Å²) in [5, 5.41) is 0. The molecular weight excluding hydrogens is 162 g/mol. The lowest BCUT2D eigenvalue weighted by Crippen LogP contribution is -2.23. The van der Waals surface area contributed by atoms with Crippen molar-refractivity contribution in [1.82, 2.24) is 5.64 Å². The largest absolute Gasteiger partial charge is 0.355 e. The van der Waals surface area contributed by atoms with E-state index in [-0.39, 0.29) is 5.57 Å². The molecule has 0 aliphatic heterocycles. The SMILES string of the molecule is C=CC(=O)ONOC(=O)C(=C)C. The molecule has 0 saturated heterocycles. The van der Waals surface area contributed by atoms with Gasteiger partial charge in [-0.2, -0.15) is 0 Å². The number of carbonyl (C=O) groups excluding carboxylic acids is 2. The van der Waals surface area contributed by atoms with Gasteiger partial charge >= 0.3 is 11.9 Å². The number of hydrogen-bond donors (Lipinski definition) is 1. The number of nitrogens with one attached hydrogen (secondary N) is 1. The molecule has 0 aromatic heterocycles. The first-order chi connectivity index (χ1) is 5.57. The molecule has 0 unspecified atom stereocenters. The minimum Gasteiger partial charge on any atom is -0.331 e.